The fraction of sp³-hybridized carbons (Fsp3) is 0.636. The van der Waals surface area contributed by atoms with Gasteiger partial charge >= 0.3 is 0 Å². The van der Waals surface area contributed by atoms with Crippen molar-refractivity contribution in [2.24, 2.45) is 5.92 Å². The number of fused-ring (bicyclic) bond motifs is 1. The van der Waals surface area contributed by atoms with Crippen molar-refractivity contribution in [2.45, 2.75) is 64.7 Å². The molecular formula is C22H28N6O2S. The number of carbonyl (C=O) groups is 2. The number of rotatable bonds is 5. The number of carbonyl (C=O) groups excluding carboxylic acids is 2. The number of likely N-dealkylation sites (tertiary alicyclic amines) is 1. The third-order valence-corrected chi connectivity index (χ3v) is 7.48. The van der Waals surface area contributed by atoms with E-state index in [2.05, 4.69) is 9.59 Å². The number of aryl methyl sites for hydroxylation is 2. The van der Waals surface area contributed by atoms with Gasteiger partial charge in [-0.3, -0.25) is 14.5 Å². The first kappa shape index (κ1) is 20.5. The summed E-state index contributed by atoms with van der Waals surface area (Å²) in [5.41, 5.74) is 2.91. The Morgan fingerprint density at radius 1 is 1.13 bits per heavy atom. The van der Waals surface area contributed by atoms with E-state index in [0.29, 0.717) is 36.7 Å². The zero-order valence-electron chi connectivity index (χ0n) is 18.1. The van der Waals surface area contributed by atoms with E-state index in [0.717, 1.165) is 54.4 Å². The second-order valence-electron chi connectivity index (χ2n) is 8.89. The Morgan fingerprint density at radius 2 is 1.90 bits per heavy atom. The van der Waals surface area contributed by atoms with Crippen LogP contribution in [0.25, 0.3) is 0 Å². The van der Waals surface area contributed by atoms with Crippen LogP contribution in [-0.2, 0) is 17.6 Å². The van der Waals surface area contributed by atoms with E-state index in [4.69, 9.17) is 9.97 Å². The Labute approximate surface area is 186 Å². The molecule has 164 valence electrons. The highest BCUT2D eigenvalue weighted by molar-refractivity contribution is 7.08. The zero-order valence-corrected chi connectivity index (χ0v) is 19.0. The van der Waals surface area contributed by atoms with Crippen molar-refractivity contribution in [3.05, 3.63) is 27.7 Å². The third-order valence-electron chi connectivity index (χ3n) is 6.72. The standard InChI is InChI=1S/C22H28N6O2S/c1-3-17-19(31-26-25-17)22(30)27-10-8-15(9-11-27)20-23-13(2)16-6-7-18(29)28(21(16)24-20)12-14-4-5-14/h14-15H,3-12H2,1-2H3. The number of piperidine rings is 1. The van der Waals surface area contributed by atoms with Gasteiger partial charge in [-0.2, -0.15) is 0 Å². The fourth-order valence-electron chi connectivity index (χ4n) is 4.62. The van der Waals surface area contributed by atoms with E-state index in [9.17, 15) is 9.59 Å². The van der Waals surface area contributed by atoms with Gasteiger partial charge in [0.2, 0.25) is 5.91 Å². The lowest BCUT2D eigenvalue weighted by Gasteiger charge is -2.33. The van der Waals surface area contributed by atoms with Gasteiger partial charge in [0, 0.05) is 43.2 Å². The summed E-state index contributed by atoms with van der Waals surface area (Å²) >= 11 is 1.19. The molecule has 0 spiro atoms. The van der Waals surface area contributed by atoms with E-state index in [1.54, 1.807) is 0 Å². The maximum Gasteiger partial charge on any atom is 0.267 e. The fourth-order valence-corrected chi connectivity index (χ4v) is 5.34. The quantitative estimate of drug-likeness (QED) is 0.710. The summed E-state index contributed by atoms with van der Waals surface area (Å²) in [7, 11) is 0. The van der Waals surface area contributed by atoms with Gasteiger partial charge in [0.15, 0.2) is 0 Å². The van der Waals surface area contributed by atoms with E-state index >= 15 is 0 Å². The Bertz CT molecular complexity index is 1010. The van der Waals surface area contributed by atoms with E-state index in [1.807, 2.05) is 23.6 Å². The smallest absolute Gasteiger partial charge is 0.267 e. The van der Waals surface area contributed by atoms with Crippen LogP contribution in [0.2, 0.25) is 0 Å². The monoisotopic (exact) mass is 440 g/mol. The highest BCUT2D eigenvalue weighted by Gasteiger charge is 2.35. The van der Waals surface area contributed by atoms with Gasteiger partial charge in [-0.05, 0) is 62.9 Å². The second-order valence-corrected chi connectivity index (χ2v) is 9.64. The highest BCUT2D eigenvalue weighted by Crippen LogP contribution is 2.36. The lowest BCUT2D eigenvalue weighted by atomic mass is 9.94. The Kier molecular flexibility index (Phi) is 5.45. The highest BCUT2D eigenvalue weighted by atomic mass is 32.1. The van der Waals surface area contributed by atoms with Crippen LogP contribution < -0.4 is 4.90 Å². The first-order chi connectivity index (χ1) is 15.0. The first-order valence-corrected chi connectivity index (χ1v) is 12.1. The van der Waals surface area contributed by atoms with E-state index in [-0.39, 0.29) is 17.7 Å². The van der Waals surface area contributed by atoms with Gasteiger partial charge in [-0.15, -0.1) is 5.10 Å². The molecule has 2 aromatic rings. The molecule has 0 N–H and O–H groups in total. The van der Waals surface area contributed by atoms with Crippen LogP contribution in [0.15, 0.2) is 0 Å². The van der Waals surface area contributed by atoms with Gasteiger partial charge < -0.3 is 4.90 Å². The van der Waals surface area contributed by atoms with Crippen molar-refractivity contribution >= 4 is 29.2 Å². The molecule has 0 aromatic carbocycles. The Balaban J connectivity index is 1.33. The van der Waals surface area contributed by atoms with Crippen LogP contribution in [0.5, 0.6) is 0 Å². The number of hydrogen-bond donors (Lipinski definition) is 0. The van der Waals surface area contributed by atoms with Crippen molar-refractivity contribution in [3.8, 4) is 0 Å². The van der Waals surface area contributed by atoms with Gasteiger partial charge in [0.05, 0.1) is 5.69 Å². The van der Waals surface area contributed by atoms with Gasteiger partial charge in [0.25, 0.3) is 5.91 Å². The predicted octanol–water partition coefficient (Wildman–Crippen LogP) is 2.91. The molecule has 3 aliphatic rings. The summed E-state index contributed by atoms with van der Waals surface area (Å²) in [5.74, 6) is 2.72. The van der Waals surface area contributed by atoms with Crippen LogP contribution in [0.3, 0.4) is 0 Å². The summed E-state index contributed by atoms with van der Waals surface area (Å²) in [6.07, 6.45) is 6.07. The summed E-state index contributed by atoms with van der Waals surface area (Å²) in [5, 5.41) is 4.07. The molecule has 2 amide bonds. The third kappa shape index (κ3) is 3.95. The van der Waals surface area contributed by atoms with Crippen molar-refractivity contribution in [1.82, 2.24) is 24.5 Å². The molecule has 8 nitrogen and oxygen atoms in total. The minimum absolute atomic E-state index is 0.0362. The second kappa shape index (κ2) is 8.26. The zero-order chi connectivity index (χ0) is 21.5. The van der Waals surface area contributed by atoms with Crippen molar-refractivity contribution in [2.75, 3.05) is 24.5 Å². The van der Waals surface area contributed by atoms with Crippen LogP contribution in [0.1, 0.15) is 77.4 Å². The maximum atomic E-state index is 12.9. The Morgan fingerprint density at radius 3 is 2.61 bits per heavy atom. The summed E-state index contributed by atoms with van der Waals surface area (Å²) < 4.78 is 3.95. The topological polar surface area (TPSA) is 92.2 Å². The summed E-state index contributed by atoms with van der Waals surface area (Å²) in [4.78, 5) is 39.8. The molecule has 2 aliphatic heterocycles. The van der Waals surface area contributed by atoms with Crippen molar-refractivity contribution < 1.29 is 9.59 Å². The summed E-state index contributed by atoms with van der Waals surface area (Å²) in [6.45, 7) is 6.17. The average molecular weight is 441 g/mol. The molecule has 9 heteroatoms. The largest absolute Gasteiger partial charge is 0.338 e. The number of aromatic nitrogens is 4. The minimum Gasteiger partial charge on any atom is -0.338 e. The first-order valence-electron chi connectivity index (χ1n) is 11.3. The average Bonchev–Trinajstić information content (AvgIpc) is 3.48. The molecule has 2 fully saturated rings. The predicted molar refractivity (Wildman–Crippen MR) is 117 cm³/mol. The lowest BCUT2D eigenvalue weighted by molar-refractivity contribution is -0.119. The molecule has 1 aliphatic carbocycles. The number of amides is 2. The van der Waals surface area contributed by atoms with Crippen LogP contribution in [0, 0.1) is 12.8 Å². The normalized spacial score (nSPS) is 19.6. The number of anilines is 1. The molecule has 0 radical (unpaired) electrons. The van der Waals surface area contributed by atoms with Crippen LogP contribution in [-0.4, -0.2) is 55.9 Å². The number of nitrogens with zero attached hydrogens (tertiary/aromatic N) is 6. The molecule has 2 aromatic heterocycles. The molecular weight excluding hydrogens is 412 g/mol. The maximum absolute atomic E-state index is 12.9. The van der Waals surface area contributed by atoms with E-state index in [1.165, 1.54) is 24.4 Å². The Hall–Kier alpha value is -2.42. The SMILES string of the molecule is CCc1nnsc1C(=O)N1CCC(c2nc(C)c3c(n2)N(CC2CC2)C(=O)CC3)CC1. The molecule has 5 rings (SSSR count). The summed E-state index contributed by atoms with van der Waals surface area (Å²) in [6, 6.07) is 0. The van der Waals surface area contributed by atoms with E-state index < -0.39 is 0 Å². The molecule has 31 heavy (non-hydrogen) atoms. The minimum atomic E-state index is 0.0362. The van der Waals surface area contributed by atoms with Crippen LogP contribution in [0.4, 0.5) is 5.82 Å². The van der Waals surface area contributed by atoms with Gasteiger partial charge in [0.1, 0.15) is 16.5 Å². The van der Waals surface area contributed by atoms with Gasteiger partial charge in [-0.1, -0.05) is 11.4 Å². The van der Waals surface area contributed by atoms with Crippen molar-refractivity contribution in [1.29, 1.82) is 0 Å². The molecule has 0 unspecified atom stereocenters. The lowest BCUT2D eigenvalue weighted by Crippen LogP contribution is -2.40. The molecule has 0 bridgehead atoms. The number of hydrogen-bond acceptors (Lipinski definition) is 7. The molecule has 1 saturated heterocycles. The van der Waals surface area contributed by atoms with Crippen molar-refractivity contribution in [3.63, 3.8) is 0 Å². The molecule has 1 saturated carbocycles. The molecule has 4 heterocycles. The molecule has 0 atom stereocenters. The van der Waals surface area contributed by atoms with Gasteiger partial charge in [-0.25, -0.2) is 9.97 Å². The van der Waals surface area contributed by atoms with Crippen LogP contribution >= 0.6 is 11.5 Å².